The number of carbonyl (C=O) groups excluding carboxylic acids is 2. The Morgan fingerprint density at radius 3 is 2.82 bits per heavy atom. The molecular formula is C10H16N4O3. The fraction of sp³-hybridized carbons (Fsp3) is 0.600. The molecule has 0 aromatic carbocycles. The highest BCUT2D eigenvalue weighted by Crippen LogP contribution is 1.97. The summed E-state index contributed by atoms with van der Waals surface area (Å²) >= 11 is 0. The van der Waals surface area contributed by atoms with Crippen molar-refractivity contribution in [2.75, 3.05) is 7.11 Å². The zero-order chi connectivity index (χ0) is 12.8. The first-order valence-electron chi connectivity index (χ1n) is 5.38. The van der Waals surface area contributed by atoms with Crippen molar-refractivity contribution in [3.05, 3.63) is 11.6 Å². The Kier molecular flexibility index (Phi) is 4.62. The fourth-order valence-corrected chi connectivity index (χ4v) is 1.24. The second kappa shape index (κ2) is 5.97. The van der Waals surface area contributed by atoms with Crippen LogP contribution in [0.4, 0.5) is 0 Å². The molecule has 1 aromatic rings. The molecule has 0 aliphatic carbocycles. The third-order valence-corrected chi connectivity index (χ3v) is 2.12. The third kappa shape index (κ3) is 3.54. The first-order valence-corrected chi connectivity index (χ1v) is 5.38. The van der Waals surface area contributed by atoms with Gasteiger partial charge in [0.15, 0.2) is 0 Å². The van der Waals surface area contributed by atoms with Gasteiger partial charge in [-0.3, -0.25) is 9.89 Å². The summed E-state index contributed by atoms with van der Waals surface area (Å²) < 4.78 is 4.49. The van der Waals surface area contributed by atoms with Crippen LogP contribution < -0.4 is 5.32 Å². The maximum Gasteiger partial charge on any atom is 0.328 e. The monoisotopic (exact) mass is 240 g/mol. The molecule has 2 N–H and O–H groups in total. The summed E-state index contributed by atoms with van der Waals surface area (Å²) in [5.41, 5.74) is 0. The molecule has 0 spiro atoms. The number of nitrogens with zero attached hydrogens (tertiary/aromatic N) is 2. The summed E-state index contributed by atoms with van der Waals surface area (Å²) in [6, 6.07) is -0.722. The van der Waals surface area contributed by atoms with E-state index in [0.717, 1.165) is 12.8 Å². The Morgan fingerprint density at radius 2 is 2.24 bits per heavy atom. The molecule has 94 valence electrons. The molecule has 0 saturated heterocycles. The van der Waals surface area contributed by atoms with E-state index in [1.54, 1.807) is 0 Å². The first kappa shape index (κ1) is 13.1. The number of esters is 1. The maximum absolute atomic E-state index is 11.6. The molecule has 7 nitrogen and oxygen atoms in total. The van der Waals surface area contributed by atoms with E-state index in [2.05, 4.69) is 25.2 Å². The summed E-state index contributed by atoms with van der Waals surface area (Å²) in [6.45, 7) is 3.53. The third-order valence-electron chi connectivity index (χ3n) is 2.12. The number of rotatable bonds is 5. The highest BCUT2D eigenvalue weighted by Gasteiger charge is 2.19. The maximum atomic E-state index is 11.6. The number of methoxy groups -OCH3 is 1. The lowest BCUT2D eigenvalue weighted by Crippen LogP contribution is -2.39. The highest BCUT2D eigenvalue weighted by atomic mass is 16.5. The van der Waals surface area contributed by atoms with Crippen LogP contribution in [0.15, 0.2) is 0 Å². The minimum Gasteiger partial charge on any atom is -0.467 e. The number of aryl methyl sites for hydroxylation is 1. The van der Waals surface area contributed by atoms with Crippen molar-refractivity contribution < 1.29 is 14.3 Å². The van der Waals surface area contributed by atoms with Crippen molar-refractivity contribution >= 4 is 11.9 Å². The van der Waals surface area contributed by atoms with Gasteiger partial charge in [0.25, 0.3) is 5.91 Å². The molecule has 1 unspecified atom stereocenters. The number of carbonyl (C=O) groups is 2. The fourth-order valence-electron chi connectivity index (χ4n) is 1.24. The summed E-state index contributed by atoms with van der Waals surface area (Å²) in [4.78, 5) is 26.7. The topological polar surface area (TPSA) is 97.0 Å². The van der Waals surface area contributed by atoms with Gasteiger partial charge in [0.2, 0.25) is 5.82 Å². The van der Waals surface area contributed by atoms with E-state index < -0.39 is 17.9 Å². The van der Waals surface area contributed by atoms with E-state index >= 15 is 0 Å². The standard InChI is InChI=1S/C10H16N4O3/c1-4-5-7-12-8(14-13-7)9(15)11-6(2)10(16)17-3/h6H,4-5H2,1-3H3,(H,11,15)(H,12,13,14). The van der Waals surface area contributed by atoms with Crippen LogP contribution in [-0.4, -0.2) is 40.2 Å². The van der Waals surface area contributed by atoms with Crippen LogP contribution in [0.25, 0.3) is 0 Å². The van der Waals surface area contributed by atoms with E-state index in [9.17, 15) is 9.59 Å². The number of nitrogens with one attached hydrogen (secondary N) is 2. The minimum atomic E-state index is -0.722. The highest BCUT2D eigenvalue weighted by molar-refractivity contribution is 5.93. The predicted molar refractivity (Wildman–Crippen MR) is 59.3 cm³/mol. The van der Waals surface area contributed by atoms with Crippen molar-refractivity contribution in [2.24, 2.45) is 0 Å². The molecule has 0 fully saturated rings. The van der Waals surface area contributed by atoms with Gasteiger partial charge in [0, 0.05) is 6.42 Å². The van der Waals surface area contributed by atoms with Crippen molar-refractivity contribution in [2.45, 2.75) is 32.7 Å². The Labute approximate surface area is 99.0 Å². The van der Waals surface area contributed by atoms with Gasteiger partial charge < -0.3 is 10.1 Å². The average molecular weight is 240 g/mol. The predicted octanol–water partition coefficient (Wildman–Crippen LogP) is 0.0485. The van der Waals surface area contributed by atoms with Crippen LogP contribution in [0.5, 0.6) is 0 Å². The molecule has 1 aromatic heterocycles. The lowest BCUT2D eigenvalue weighted by Gasteiger charge is -2.09. The molecule has 1 atom stereocenters. The van der Waals surface area contributed by atoms with E-state index in [1.165, 1.54) is 14.0 Å². The number of H-pyrrole nitrogens is 1. The Balaban J connectivity index is 2.60. The molecule has 0 aliphatic rings. The number of amides is 1. The van der Waals surface area contributed by atoms with Crippen LogP contribution in [0, 0.1) is 0 Å². The quantitative estimate of drug-likeness (QED) is 0.709. The Morgan fingerprint density at radius 1 is 1.53 bits per heavy atom. The normalized spacial score (nSPS) is 11.9. The second-order valence-electron chi connectivity index (χ2n) is 3.57. The van der Waals surface area contributed by atoms with Crippen molar-refractivity contribution in [1.29, 1.82) is 0 Å². The van der Waals surface area contributed by atoms with Crippen LogP contribution >= 0.6 is 0 Å². The number of aromatic nitrogens is 3. The van der Waals surface area contributed by atoms with Crippen LogP contribution in [0.3, 0.4) is 0 Å². The molecule has 1 heterocycles. The summed E-state index contributed by atoms with van der Waals surface area (Å²) in [5.74, 6) is -0.322. The van der Waals surface area contributed by atoms with Gasteiger partial charge in [-0.1, -0.05) is 6.92 Å². The van der Waals surface area contributed by atoms with Crippen LogP contribution in [0.2, 0.25) is 0 Å². The summed E-state index contributed by atoms with van der Waals surface area (Å²) in [6.07, 6.45) is 1.64. The van der Waals surface area contributed by atoms with Crippen molar-refractivity contribution in [3.63, 3.8) is 0 Å². The van der Waals surface area contributed by atoms with Gasteiger partial charge in [0.05, 0.1) is 7.11 Å². The van der Waals surface area contributed by atoms with Crippen molar-refractivity contribution in [3.8, 4) is 0 Å². The molecule has 1 amide bonds. The minimum absolute atomic E-state index is 0.0317. The number of hydrogen-bond acceptors (Lipinski definition) is 5. The van der Waals surface area contributed by atoms with E-state index in [1.807, 2.05) is 6.92 Å². The number of ether oxygens (including phenoxy) is 1. The number of hydrogen-bond donors (Lipinski definition) is 2. The average Bonchev–Trinajstić information content (AvgIpc) is 2.77. The molecule has 0 bridgehead atoms. The lowest BCUT2D eigenvalue weighted by atomic mass is 10.3. The second-order valence-corrected chi connectivity index (χ2v) is 3.57. The van der Waals surface area contributed by atoms with Crippen LogP contribution in [0.1, 0.15) is 36.7 Å². The zero-order valence-corrected chi connectivity index (χ0v) is 10.1. The largest absolute Gasteiger partial charge is 0.467 e. The summed E-state index contributed by atoms with van der Waals surface area (Å²) in [7, 11) is 1.26. The zero-order valence-electron chi connectivity index (χ0n) is 10.1. The Bertz CT molecular complexity index is 402. The van der Waals surface area contributed by atoms with Gasteiger partial charge in [0.1, 0.15) is 11.9 Å². The van der Waals surface area contributed by atoms with Gasteiger partial charge >= 0.3 is 5.97 Å². The van der Waals surface area contributed by atoms with Gasteiger partial charge in [-0.2, -0.15) is 0 Å². The van der Waals surface area contributed by atoms with Crippen LogP contribution in [-0.2, 0) is 16.0 Å². The van der Waals surface area contributed by atoms with Gasteiger partial charge in [-0.05, 0) is 13.3 Å². The van der Waals surface area contributed by atoms with Gasteiger partial charge in [-0.15, -0.1) is 5.10 Å². The SMILES string of the molecule is CCCc1nc(C(=O)NC(C)C(=O)OC)n[nH]1. The van der Waals surface area contributed by atoms with E-state index in [0.29, 0.717) is 5.82 Å². The summed E-state index contributed by atoms with van der Waals surface area (Å²) in [5, 5.41) is 8.88. The van der Waals surface area contributed by atoms with Crippen molar-refractivity contribution in [1.82, 2.24) is 20.5 Å². The molecule has 17 heavy (non-hydrogen) atoms. The first-order chi connectivity index (χ1) is 8.08. The smallest absolute Gasteiger partial charge is 0.328 e. The molecular weight excluding hydrogens is 224 g/mol. The Hall–Kier alpha value is -1.92. The molecule has 1 rings (SSSR count). The molecule has 7 heteroatoms. The molecule has 0 radical (unpaired) electrons. The molecule has 0 aliphatic heterocycles. The number of aromatic amines is 1. The molecule has 0 saturated carbocycles. The van der Waals surface area contributed by atoms with E-state index in [4.69, 9.17) is 0 Å². The lowest BCUT2D eigenvalue weighted by molar-refractivity contribution is -0.142. The van der Waals surface area contributed by atoms with E-state index in [-0.39, 0.29) is 5.82 Å². The van der Waals surface area contributed by atoms with Gasteiger partial charge in [-0.25, -0.2) is 9.78 Å².